The Hall–Kier alpha value is -3.15. The van der Waals surface area contributed by atoms with E-state index in [-0.39, 0.29) is 6.10 Å². The number of rotatable bonds is 5. The van der Waals surface area contributed by atoms with Gasteiger partial charge in [0, 0.05) is 30.7 Å². The lowest BCUT2D eigenvalue weighted by Gasteiger charge is -2.27. The van der Waals surface area contributed by atoms with Crippen LogP contribution in [0.5, 0.6) is 11.5 Å². The van der Waals surface area contributed by atoms with Crippen LogP contribution in [0.25, 0.3) is 10.9 Å². The predicted molar refractivity (Wildman–Crippen MR) is 112 cm³/mol. The van der Waals surface area contributed by atoms with Gasteiger partial charge in [0.2, 0.25) is 0 Å². The molecule has 0 radical (unpaired) electrons. The minimum absolute atomic E-state index is 0.0512. The molecule has 1 unspecified atom stereocenters. The zero-order chi connectivity index (χ0) is 19.3. The minimum atomic E-state index is -0.0512. The van der Waals surface area contributed by atoms with Crippen LogP contribution in [-0.4, -0.2) is 43.8 Å². The van der Waals surface area contributed by atoms with Crippen LogP contribution in [0.1, 0.15) is 11.1 Å². The summed E-state index contributed by atoms with van der Waals surface area (Å²) >= 11 is 0. The molecule has 6 heteroatoms. The van der Waals surface area contributed by atoms with E-state index in [4.69, 9.17) is 9.47 Å². The van der Waals surface area contributed by atoms with Crippen molar-refractivity contribution in [1.29, 1.82) is 0 Å². The van der Waals surface area contributed by atoms with E-state index in [1.165, 1.54) is 22.0 Å². The second-order valence-corrected chi connectivity index (χ2v) is 6.94. The van der Waals surface area contributed by atoms with Crippen molar-refractivity contribution in [3.05, 3.63) is 59.8 Å². The molecule has 28 heavy (non-hydrogen) atoms. The van der Waals surface area contributed by atoms with Gasteiger partial charge in [-0.05, 0) is 42.7 Å². The van der Waals surface area contributed by atoms with Crippen molar-refractivity contribution in [2.75, 3.05) is 26.7 Å². The largest absolute Gasteiger partial charge is 0.486 e. The zero-order valence-corrected chi connectivity index (χ0v) is 16.3. The second kappa shape index (κ2) is 8.25. The molecule has 0 amide bonds. The van der Waals surface area contributed by atoms with Crippen LogP contribution in [0.3, 0.4) is 0 Å². The van der Waals surface area contributed by atoms with Crippen LogP contribution in [0, 0.1) is 6.92 Å². The highest BCUT2D eigenvalue weighted by Crippen LogP contribution is 2.30. The fourth-order valence-corrected chi connectivity index (χ4v) is 3.56. The molecule has 4 rings (SSSR count). The number of aryl methyl sites for hydroxylation is 1. The molecule has 0 bridgehead atoms. The number of fused-ring (bicyclic) bond motifs is 2. The molecule has 0 fully saturated rings. The second-order valence-electron chi connectivity index (χ2n) is 6.94. The van der Waals surface area contributed by atoms with E-state index in [0.29, 0.717) is 13.2 Å². The van der Waals surface area contributed by atoms with Gasteiger partial charge in [-0.3, -0.25) is 4.99 Å². The Morgan fingerprint density at radius 3 is 2.86 bits per heavy atom. The number of aliphatic imine (C=N–C) groups is 1. The molecule has 146 valence electrons. The maximum atomic E-state index is 5.98. The summed E-state index contributed by atoms with van der Waals surface area (Å²) < 4.78 is 11.7. The number of hydrogen-bond donors (Lipinski definition) is 3. The molecule has 1 aliphatic rings. The lowest BCUT2D eigenvalue weighted by atomic mass is 10.1. The molecule has 6 nitrogen and oxygen atoms in total. The number of hydrogen-bond acceptors (Lipinski definition) is 3. The number of nitrogens with zero attached hydrogens (tertiary/aromatic N) is 1. The van der Waals surface area contributed by atoms with Gasteiger partial charge in [0.05, 0.1) is 6.54 Å². The highest BCUT2D eigenvalue weighted by molar-refractivity contribution is 5.86. The summed E-state index contributed by atoms with van der Waals surface area (Å²) in [5.74, 6) is 2.35. The quantitative estimate of drug-likeness (QED) is 0.471. The van der Waals surface area contributed by atoms with Crippen molar-refractivity contribution in [3.8, 4) is 11.5 Å². The minimum Gasteiger partial charge on any atom is -0.486 e. The summed E-state index contributed by atoms with van der Waals surface area (Å²) in [6.45, 7) is 4.10. The molecule has 2 aromatic carbocycles. The standard InChI is InChI=1S/C22H26N4O2/c1-15-6-5-7-18-21(15)16(12-25-18)10-11-24-22(23-2)26-13-17-14-27-19-8-3-4-9-20(19)28-17/h3-9,12,17,25H,10-11,13-14H2,1-2H3,(H2,23,24,26). The third kappa shape index (κ3) is 3.91. The van der Waals surface area contributed by atoms with Crippen molar-refractivity contribution in [2.45, 2.75) is 19.4 Å². The normalized spacial score (nSPS) is 16.2. The Labute approximate surface area is 165 Å². The lowest BCUT2D eigenvalue weighted by molar-refractivity contribution is 0.0936. The van der Waals surface area contributed by atoms with Crippen LogP contribution in [0.15, 0.2) is 53.7 Å². The van der Waals surface area contributed by atoms with E-state index < -0.39 is 0 Å². The Kier molecular flexibility index (Phi) is 5.37. The van der Waals surface area contributed by atoms with E-state index in [1.807, 2.05) is 24.3 Å². The molecule has 0 spiro atoms. The third-order valence-corrected chi connectivity index (χ3v) is 4.97. The molecule has 1 aliphatic heterocycles. The van der Waals surface area contributed by atoms with E-state index in [9.17, 15) is 0 Å². The SMILES string of the molecule is CN=C(NCCc1c[nH]c2cccc(C)c12)NCC1COc2ccccc2O1. The number of H-pyrrole nitrogens is 1. The van der Waals surface area contributed by atoms with Gasteiger partial charge in [0.15, 0.2) is 17.5 Å². The smallest absolute Gasteiger partial charge is 0.191 e. The number of ether oxygens (including phenoxy) is 2. The van der Waals surface area contributed by atoms with Gasteiger partial charge in [0.25, 0.3) is 0 Å². The monoisotopic (exact) mass is 378 g/mol. The maximum Gasteiger partial charge on any atom is 0.191 e. The number of benzene rings is 2. The molecule has 2 heterocycles. The molecule has 0 saturated heterocycles. The fourth-order valence-electron chi connectivity index (χ4n) is 3.56. The van der Waals surface area contributed by atoms with Gasteiger partial charge in [-0.2, -0.15) is 0 Å². The molecule has 1 atom stereocenters. The first kappa shape index (κ1) is 18.2. The van der Waals surface area contributed by atoms with Gasteiger partial charge in [-0.25, -0.2) is 0 Å². The van der Waals surface area contributed by atoms with Crippen LogP contribution in [0.4, 0.5) is 0 Å². The Bertz CT molecular complexity index is 980. The fraction of sp³-hybridized carbons (Fsp3) is 0.318. The van der Waals surface area contributed by atoms with Gasteiger partial charge >= 0.3 is 0 Å². The molecule has 1 aromatic heterocycles. The summed E-state index contributed by atoms with van der Waals surface area (Å²) in [6.07, 6.45) is 2.96. The molecule has 3 aromatic rings. The lowest BCUT2D eigenvalue weighted by Crippen LogP contribution is -2.45. The van der Waals surface area contributed by atoms with Crippen LogP contribution >= 0.6 is 0 Å². The molecular formula is C22H26N4O2. The van der Waals surface area contributed by atoms with Gasteiger partial charge in [-0.15, -0.1) is 0 Å². The number of aromatic amines is 1. The summed E-state index contributed by atoms with van der Waals surface area (Å²) in [5.41, 5.74) is 3.80. The molecular weight excluding hydrogens is 352 g/mol. The van der Waals surface area contributed by atoms with E-state index in [0.717, 1.165) is 30.4 Å². The van der Waals surface area contributed by atoms with Gasteiger partial charge in [0.1, 0.15) is 12.7 Å². The Balaban J connectivity index is 1.27. The predicted octanol–water partition coefficient (Wildman–Crippen LogP) is 3.02. The first-order valence-corrected chi connectivity index (χ1v) is 9.63. The van der Waals surface area contributed by atoms with E-state index in [1.54, 1.807) is 7.05 Å². The number of para-hydroxylation sites is 2. The molecule has 0 saturated carbocycles. The van der Waals surface area contributed by atoms with E-state index in [2.05, 4.69) is 51.9 Å². The first-order chi connectivity index (χ1) is 13.7. The van der Waals surface area contributed by atoms with Crippen LogP contribution < -0.4 is 20.1 Å². The van der Waals surface area contributed by atoms with Crippen molar-refractivity contribution in [2.24, 2.45) is 4.99 Å². The topological polar surface area (TPSA) is 70.7 Å². The van der Waals surface area contributed by atoms with Crippen molar-refractivity contribution >= 4 is 16.9 Å². The first-order valence-electron chi connectivity index (χ1n) is 9.63. The van der Waals surface area contributed by atoms with Gasteiger partial charge < -0.3 is 25.1 Å². The molecule has 0 aliphatic carbocycles. The highest BCUT2D eigenvalue weighted by Gasteiger charge is 2.20. The molecule has 3 N–H and O–H groups in total. The van der Waals surface area contributed by atoms with E-state index >= 15 is 0 Å². The number of aromatic nitrogens is 1. The highest BCUT2D eigenvalue weighted by atomic mass is 16.6. The number of nitrogens with one attached hydrogen (secondary N) is 3. The third-order valence-electron chi connectivity index (χ3n) is 4.97. The van der Waals surface area contributed by atoms with Gasteiger partial charge in [-0.1, -0.05) is 24.3 Å². The Morgan fingerprint density at radius 2 is 2.00 bits per heavy atom. The average molecular weight is 378 g/mol. The summed E-state index contributed by atoms with van der Waals surface area (Å²) in [6, 6.07) is 14.1. The van der Waals surface area contributed by atoms with Crippen molar-refractivity contribution < 1.29 is 9.47 Å². The zero-order valence-electron chi connectivity index (χ0n) is 16.3. The van der Waals surface area contributed by atoms with Crippen LogP contribution in [-0.2, 0) is 6.42 Å². The number of guanidine groups is 1. The summed E-state index contributed by atoms with van der Waals surface area (Å²) in [5, 5.41) is 8.02. The average Bonchev–Trinajstić information content (AvgIpc) is 3.15. The van der Waals surface area contributed by atoms with Crippen LogP contribution in [0.2, 0.25) is 0 Å². The summed E-state index contributed by atoms with van der Waals surface area (Å²) in [4.78, 5) is 7.66. The summed E-state index contributed by atoms with van der Waals surface area (Å²) in [7, 11) is 1.78. The Morgan fingerprint density at radius 1 is 1.14 bits per heavy atom. The van der Waals surface area contributed by atoms with Crippen molar-refractivity contribution in [3.63, 3.8) is 0 Å². The maximum absolute atomic E-state index is 5.98. The van der Waals surface area contributed by atoms with Crippen molar-refractivity contribution in [1.82, 2.24) is 15.6 Å².